The number of hydrogen-bond donors (Lipinski definition) is 3. The monoisotopic (exact) mass is 563 g/mol. The van der Waals surface area contributed by atoms with Crippen molar-refractivity contribution < 1.29 is 24.2 Å². The Morgan fingerprint density at radius 1 is 1.00 bits per heavy atom. The number of aliphatic hydroxyl groups excluding tert-OH is 1. The van der Waals surface area contributed by atoms with Crippen molar-refractivity contribution in [2.45, 2.75) is 91.3 Å². The zero-order chi connectivity index (χ0) is 30.6. The van der Waals surface area contributed by atoms with Crippen molar-refractivity contribution in [3.8, 4) is 12.3 Å². The lowest BCUT2D eigenvalue weighted by Gasteiger charge is -2.34. The summed E-state index contributed by atoms with van der Waals surface area (Å²) in [6, 6.07) is 10.3. The summed E-state index contributed by atoms with van der Waals surface area (Å²) in [6.45, 7) is 10.6. The van der Waals surface area contributed by atoms with Crippen LogP contribution in [0.2, 0.25) is 0 Å². The minimum atomic E-state index is -1.30. The molecule has 2 unspecified atom stereocenters. The molecule has 2 atom stereocenters. The highest BCUT2D eigenvalue weighted by atomic mass is 16.6. The van der Waals surface area contributed by atoms with Crippen molar-refractivity contribution in [3.05, 3.63) is 64.7 Å². The number of nitrogens with one attached hydrogen (secondary N) is 2. The lowest BCUT2D eigenvalue weighted by molar-refractivity contribution is -0.141. The summed E-state index contributed by atoms with van der Waals surface area (Å²) in [6.07, 6.45) is 9.36. The third-order valence-electron chi connectivity index (χ3n) is 6.64. The molecular formula is C33H45N3O5. The SMILES string of the molecule is C#Cc1ccc(C(C(=O)Nc2c(C)cccc2C)N(CCCCCCC)C(=O)C(CO)NC(=O)OC(C)(C)C)cc1. The lowest BCUT2D eigenvalue weighted by Crippen LogP contribution is -2.54. The van der Waals surface area contributed by atoms with E-state index in [1.807, 2.05) is 32.0 Å². The highest BCUT2D eigenvalue weighted by molar-refractivity contribution is 6.00. The molecule has 3 N–H and O–H groups in total. The van der Waals surface area contributed by atoms with Gasteiger partial charge in [0.05, 0.1) is 6.61 Å². The Morgan fingerprint density at radius 2 is 1.61 bits per heavy atom. The Labute approximate surface area is 244 Å². The summed E-state index contributed by atoms with van der Waals surface area (Å²) >= 11 is 0. The lowest BCUT2D eigenvalue weighted by atomic mass is 10.00. The number of amides is 3. The molecule has 8 nitrogen and oxygen atoms in total. The van der Waals surface area contributed by atoms with E-state index in [9.17, 15) is 19.5 Å². The zero-order valence-electron chi connectivity index (χ0n) is 25.3. The number of anilines is 1. The summed E-state index contributed by atoms with van der Waals surface area (Å²) in [4.78, 5) is 42.0. The number of nitrogens with zero attached hydrogens (tertiary/aromatic N) is 1. The van der Waals surface area contributed by atoms with Crippen molar-refractivity contribution in [3.63, 3.8) is 0 Å². The van der Waals surface area contributed by atoms with Gasteiger partial charge in [-0.3, -0.25) is 9.59 Å². The van der Waals surface area contributed by atoms with Gasteiger partial charge in [0.2, 0.25) is 5.91 Å². The Hall–Kier alpha value is -3.83. The topological polar surface area (TPSA) is 108 Å². The molecule has 0 spiro atoms. The summed E-state index contributed by atoms with van der Waals surface area (Å²) < 4.78 is 5.32. The van der Waals surface area contributed by atoms with E-state index < -0.39 is 42.2 Å². The van der Waals surface area contributed by atoms with Crippen LogP contribution in [0.1, 0.15) is 88.1 Å². The molecule has 2 rings (SSSR count). The second-order valence-electron chi connectivity index (χ2n) is 11.3. The fraction of sp³-hybridized carbons (Fsp3) is 0.485. The molecule has 0 aromatic heterocycles. The first-order valence-corrected chi connectivity index (χ1v) is 14.3. The molecule has 8 heteroatoms. The van der Waals surface area contributed by atoms with Gasteiger partial charge in [0.15, 0.2) is 0 Å². The van der Waals surface area contributed by atoms with Gasteiger partial charge in [-0.25, -0.2) is 4.79 Å². The summed E-state index contributed by atoms with van der Waals surface area (Å²) in [5, 5.41) is 15.7. The Morgan fingerprint density at radius 3 is 2.15 bits per heavy atom. The van der Waals surface area contributed by atoms with Crippen LogP contribution in [0.15, 0.2) is 42.5 Å². The molecule has 0 aliphatic rings. The third-order valence-corrected chi connectivity index (χ3v) is 6.64. The number of carbonyl (C=O) groups is 3. The van der Waals surface area contributed by atoms with E-state index in [1.54, 1.807) is 45.0 Å². The van der Waals surface area contributed by atoms with Crippen LogP contribution in [0.25, 0.3) is 0 Å². The average molecular weight is 564 g/mol. The van der Waals surface area contributed by atoms with Gasteiger partial charge in [-0.05, 0) is 69.9 Å². The molecule has 0 heterocycles. The van der Waals surface area contributed by atoms with Crippen LogP contribution in [-0.2, 0) is 14.3 Å². The minimum Gasteiger partial charge on any atom is -0.444 e. The van der Waals surface area contributed by atoms with Crippen LogP contribution >= 0.6 is 0 Å². The molecule has 41 heavy (non-hydrogen) atoms. The summed E-state index contributed by atoms with van der Waals surface area (Å²) in [7, 11) is 0. The molecule has 0 saturated carbocycles. The predicted octanol–water partition coefficient (Wildman–Crippen LogP) is 5.65. The number of unbranched alkanes of at least 4 members (excludes halogenated alkanes) is 4. The number of para-hydroxylation sites is 1. The standard InChI is InChI=1S/C33H45N3O5/c1-8-10-11-12-13-21-36(31(39)27(22-37)34-32(40)41-33(5,6)7)29(26-19-17-25(9-2)18-20-26)30(38)35-28-23(3)15-14-16-24(28)4/h2,14-20,27,29,37H,8,10-13,21-22H2,1,3-7H3,(H,34,40)(H,35,38). The van der Waals surface area contributed by atoms with Gasteiger partial charge in [0, 0.05) is 17.8 Å². The van der Waals surface area contributed by atoms with E-state index in [1.165, 1.54) is 4.90 Å². The first-order chi connectivity index (χ1) is 19.4. The summed E-state index contributed by atoms with van der Waals surface area (Å²) in [5.74, 6) is 1.58. The number of carbonyl (C=O) groups excluding carboxylic acids is 3. The molecule has 3 amide bonds. The largest absolute Gasteiger partial charge is 0.444 e. The maximum atomic E-state index is 14.1. The van der Waals surface area contributed by atoms with Crippen LogP contribution in [0, 0.1) is 26.2 Å². The molecule has 0 bridgehead atoms. The number of aryl methyl sites for hydroxylation is 2. The highest BCUT2D eigenvalue weighted by Gasteiger charge is 2.36. The maximum absolute atomic E-state index is 14.1. The molecule has 0 aliphatic carbocycles. The Balaban J connectivity index is 2.53. The van der Waals surface area contributed by atoms with E-state index in [4.69, 9.17) is 11.2 Å². The molecule has 2 aromatic carbocycles. The maximum Gasteiger partial charge on any atom is 0.408 e. The van der Waals surface area contributed by atoms with Gasteiger partial charge in [-0.1, -0.05) is 68.9 Å². The molecule has 222 valence electrons. The number of alkyl carbamates (subject to hydrolysis) is 1. The van der Waals surface area contributed by atoms with E-state index in [2.05, 4.69) is 23.5 Å². The summed E-state index contributed by atoms with van der Waals surface area (Å²) in [5.41, 5.74) is 2.85. The van der Waals surface area contributed by atoms with Crippen LogP contribution < -0.4 is 10.6 Å². The first-order valence-electron chi connectivity index (χ1n) is 14.3. The van der Waals surface area contributed by atoms with Crippen molar-refractivity contribution in [1.82, 2.24) is 10.2 Å². The average Bonchev–Trinajstić information content (AvgIpc) is 2.92. The fourth-order valence-corrected chi connectivity index (χ4v) is 4.53. The normalized spacial score (nSPS) is 12.5. The van der Waals surface area contributed by atoms with Gasteiger partial charge >= 0.3 is 6.09 Å². The smallest absolute Gasteiger partial charge is 0.408 e. The number of ether oxygens (including phenoxy) is 1. The van der Waals surface area contributed by atoms with Crippen molar-refractivity contribution in [2.24, 2.45) is 0 Å². The van der Waals surface area contributed by atoms with Gasteiger partial charge in [-0.2, -0.15) is 0 Å². The van der Waals surface area contributed by atoms with E-state index >= 15 is 0 Å². The molecule has 0 radical (unpaired) electrons. The molecule has 2 aromatic rings. The number of terminal acetylenes is 1. The second-order valence-corrected chi connectivity index (χ2v) is 11.3. The first kappa shape index (κ1) is 33.4. The van der Waals surface area contributed by atoms with Gasteiger partial charge in [0.1, 0.15) is 17.7 Å². The fourth-order valence-electron chi connectivity index (χ4n) is 4.53. The molecule has 0 aliphatic heterocycles. The third kappa shape index (κ3) is 10.3. The van der Waals surface area contributed by atoms with E-state index in [-0.39, 0.29) is 6.54 Å². The van der Waals surface area contributed by atoms with E-state index in [0.717, 1.165) is 36.8 Å². The quantitative estimate of drug-likeness (QED) is 0.216. The highest BCUT2D eigenvalue weighted by Crippen LogP contribution is 2.28. The predicted molar refractivity (Wildman–Crippen MR) is 162 cm³/mol. The number of rotatable bonds is 13. The van der Waals surface area contributed by atoms with Crippen LogP contribution in [0.3, 0.4) is 0 Å². The zero-order valence-corrected chi connectivity index (χ0v) is 25.3. The number of benzene rings is 2. The van der Waals surface area contributed by atoms with Crippen molar-refractivity contribution in [2.75, 3.05) is 18.5 Å². The van der Waals surface area contributed by atoms with Crippen LogP contribution in [0.5, 0.6) is 0 Å². The minimum absolute atomic E-state index is 0.247. The number of aliphatic hydroxyl groups is 1. The molecule has 0 saturated heterocycles. The second kappa shape index (κ2) is 15.8. The van der Waals surface area contributed by atoms with E-state index in [0.29, 0.717) is 23.2 Å². The Kier molecular flexibility index (Phi) is 12.9. The van der Waals surface area contributed by atoms with Crippen LogP contribution in [0.4, 0.5) is 10.5 Å². The van der Waals surface area contributed by atoms with Crippen LogP contribution in [-0.4, -0.2) is 52.7 Å². The Bertz CT molecular complexity index is 1190. The van der Waals surface area contributed by atoms with Gasteiger partial charge in [0.25, 0.3) is 5.91 Å². The molecule has 0 fully saturated rings. The number of hydrogen-bond acceptors (Lipinski definition) is 5. The van der Waals surface area contributed by atoms with Gasteiger partial charge in [-0.15, -0.1) is 6.42 Å². The van der Waals surface area contributed by atoms with Crippen molar-refractivity contribution in [1.29, 1.82) is 0 Å². The molecular weight excluding hydrogens is 518 g/mol. The van der Waals surface area contributed by atoms with Crippen molar-refractivity contribution >= 4 is 23.6 Å². The van der Waals surface area contributed by atoms with Gasteiger partial charge < -0.3 is 25.4 Å².